The van der Waals surface area contributed by atoms with E-state index in [0.29, 0.717) is 23.2 Å². The smallest absolute Gasteiger partial charge is 0.225 e. The molecule has 6 heteroatoms. The number of rotatable bonds is 14. The fourth-order valence-corrected chi connectivity index (χ4v) is 4.84. The van der Waals surface area contributed by atoms with Crippen molar-refractivity contribution in [2.24, 2.45) is 11.8 Å². The van der Waals surface area contributed by atoms with Gasteiger partial charge in [0.05, 0.1) is 22.0 Å². The number of allylic oxidation sites excluding steroid dienone is 1. The molecule has 0 saturated carbocycles. The summed E-state index contributed by atoms with van der Waals surface area (Å²) >= 11 is 0. The van der Waals surface area contributed by atoms with Crippen LogP contribution in [0.2, 0.25) is 0 Å². The maximum absolute atomic E-state index is 12.8. The largest absolute Gasteiger partial charge is 0.384 e. The predicted octanol–water partition coefficient (Wildman–Crippen LogP) is 5.98. The van der Waals surface area contributed by atoms with Gasteiger partial charge in [-0.15, -0.1) is 0 Å². The Morgan fingerprint density at radius 3 is 2.44 bits per heavy atom. The van der Waals surface area contributed by atoms with Crippen LogP contribution in [0.5, 0.6) is 0 Å². The Kier molecular flexibility index (Phi) is 10.8. The van der Waals surface area contributed by atoms with E-state index in [-0.39, 0.29) is 23.0 Å². The van der Waals surface area contributed by atoms with E-state index in [1.54, 1.807) is 18.2 Å². The van der Waals surface area contributed by atoms with Gasteiger partial charge >= 0.3 is 0 Å². The van der Waals surface area contributed by atoms with Crippen LogP contribution in [0.15, 0.2) is 71.4 Å². The van der Waals surface area contributed by atoms with Crippen LogP contribution in [-0.2, 0) is 14.6 Å². The van der Waals surface area contributed by atoms with E-state index in [1.807, 2.05) is 30.3 Å². The molecule has 0 aliphatic carbocycles. The minimum atomic E-state index is -3.57. The molecule has 2 N–H and O–H groups in total. The van der Waals surface area contributed by atoms with Gasteiger partial charge in [0.25, 0.3) is 0 Å². The molecular formula is C28H40N2O3S. The number of hydrogen-bond acceptors (Lipinski definition) is 4. The summed E-state index contributed by atoms with van der Waals surface area (Å²) < 4.78 is 25.7. The number of sulfone groups is 1. The third-order valence-corrected chi connectivity index (χ3v) is 7.53. The van der Waals surface area contributed by atoms with Crippen LogP contribution in [0.3, 0.4) is 0 Å². The molecule has 0 aliphatic heterocycles. The van der Waals surface area contributed by atoms with Crippen LogP contribution >= 0.6 is 0 Å². The van der Waals surface area contributed by atoms with Gasteiger partial charge in [0.1, 0.15) is 0 Å². The maximum Gasteiger partial charge on any atom is 0.225 e. The van der Waals surface area contributed by atoms with Crippen molar-refractivity contribution in [3.63, 3.8) is 0 Å². The number of unbranched alkanes of at least 4 members (excludes halogenated alkanes) is 1. The first-order valence-corrected chi connectivity index (χ1v) is 13.9. The van der Waals surface area contributed by atoms with E-state index in [9.17, 15) is 13.2 Å². The first-order valence-electron chi connectivity index (χ1n) is 12.3. The lowest BCUT2D eigenvalue weighted by atomic mass is 9.99. The number of hydrogen-bond donors (Lipinski definition) is 2. The zero-order valence-electron chi connectivity index (χ0n) is 21.1. The molecule has 2 aromatic rings. The standard InChI is InChI=1S/C28H40N2O3S/c1-6-7-12-27(23(5)29-20-22(4)14-13-21(2)3)30-28(31)17-18-34(32,33)26-16-15-24-10-8-9-11-25(24)19-26/h8-12,15-16,19,21-22,29H,5-7,13-14,17-18,20H2,1-4H3,(H,30,31)/b27-12+. The van der Waals surface area contributed by atoms with Crippen LogP contribution in [0, 0.1) is 11.8 Å². The van der Waals surface area contributed by atoms with Crippen molar-refractivity contribution in [1.82, 2.24) is 10.6 Å². The van der Waals surface area contributed by atoms with Crippen LogP contribution in [0.1, 0.15) is 59.8 Å². The number of fused-ring (bicyclic) bond motifs is 1. The van der Waals surface area contributed by atoms with Gasteiger partial charge in [0.2, 0.25) is 5.91 Å². The molecule has 0 heterocycles. The Morgan fingerprint density at radius 2 is 1.76 bits per heavy atom. The molecule has 34 heavy (non-hydrogen) atoms. The molecule has 0 fully saturated rings. The summed E-state index contributed by atoms with van der Waals surface area (Å²) in [5.74, 6) is 0.595. The number of nitrogens with one attached hydrogen (secondary N) is 2. The van der Waals surface area contributed by atoms with Crippen molar-refractivity contribution >= 4 is 26.5 Å². The Hall–Kier alpha value is -2.60. The number of benzene rings is 2. The molecule has 0 aliphatic rings. The van der Waals surface area contributed by atoms with Crippen molar-refractivity contribution in [1.29, 1.82) is 0 Å². The third kappa shape index (κ3) is 8.98. The quantitative estimate of drug-likeness (QED) is 0.324. The fourth-order valence-electron chi connectivity index (χ4n) is 3.57. The molecule has 1 unspecified atom stereocenters. The van der Waals surface area contributed by atoms with Gasteiger partial charge in [-0.3, -0.25) is 4.79 Å². The second-order valence-corrected chi connectivity index (χ2v) is 11.6. The Bertz CT molecular complexity index is 1100. The molecule has 0 aromatic heterocycles. The highest BCUT2D eigenvalue weighted by molar-refractivity contribution is 7.91. The summed E-state index contributed by atoms with van der Waals surface area (Å²) in [7, 11) is -3.57. The summed E-state index contributed by atoms with van der Waals surface area (Å²) in [6.07, 6.45) is 5.88. The Morgan fingerprint density at radius 1 is 1.06 bits per heavy atom. The molecular weight excluding hydrogens is 444 g/mol. The van der Waals surface area contributed by atoms with Gasteiger partial charge in [-0.1, -0.05) is 83.5 Å². The second kappa shape index (κ2) is 13.3. The van der Waals surface area contributed by atoms with E-state index in [0.717, 1.165) is 36.6 Å². The fraction of sp³-hybridized carbons (Fsp3) is 0.464. The molecule has 0 saturated heterocycles. The van der Waals surface area contributed by atoms with E-state index < -0.39 is 9.84 Å². The van der Waals surface area contributed by atoms with Crippen LogP contribution in [0.4, 0.5) is 0 Å². The van der Waals surface area contributed by atoms with E-state index in [2.05, 4.69) is 44.9 Å². The number of amides is 1. The Labute approximate surface area is 205 Å². The lowest BCUT2D eigenvalue weighted by molar-refractivity contribution is -0.119. The second-order valence-electron chi connectivity index (χ2n) is 9.47. The summed E-state index contributed by atoms with van der Waals surface area (Å²) in [5.41, 5.74) is 1.29. The van der Waals surface area contributed by atoms with Crippen LogP contribution in [0.25, 0.3) is 10.8 Å². The summed E-state index contributed by atoms with van der Waals surface area (Å²) in [6, 6.07) is 12.7. The lowest BCUT2D eigenvalue weighted by Gasteiger charge is -2.19. The van der Waals surface area contributed by atoms with Crippen molar-refractivity contribution in [2.45, 2.75) is 64.7 Å². The van der Waals surface area contributed by atoms with Crippen molar-refractivity contribution in [3.05, 3.63) is 66.5 Å². The summed E-state index contributed by atoms with van der Waals surface area (Å²) in [5, 5.41) is 8.06. The molecule has 1 amide bonds. The minimum absolute atomic E-state index is 0.114. The average molecular weight is 485 g/mol. The lowest BCUT2D eigenvalue weighted by Crippen LogP contribution is -2.31. The SMILES string of the molecule is C=C(NCC(C)CCC(C)C)/C(=C\CCC)NC(=O)CCS(=O)(=O)c1ccc2ccccc2c1. The Balaban J connectivity index is 1.96. The van der Waals surface area contributed by atoms with E-state index >= 15 is 0 Å². The maximum atomic E-state index is 12.8. The van der Waals surface area contributed by atoms with Crippen molar-refractivity contribution < 1.29 is 13.2 Å². The molecule has 186 valence electrons. The zero-order chi connectivity index (χ0) is 25.1. The van der Waals surface area contributed by atoms with E-state index in [4.69, 9.17) is 0 Å². The van der Waals surface area contributed by atoms with Crippen LogP contribution in [-0.4, -0.2) is 26.6 Å². The topological polar surface area (TPSA) is 75.3 Å². The summed E-state index contributed by atoms with van der Waals surface area (Å²) in [4.78, 5) is 12.9. The van der Waals surface area contributed by atoms with Gasteiger partial charge in [-0.05, 0) is 47.6 Å². The highest BCUT2D eigenvalue weighted by Crippen LogP contribution is 2.20. The molecule has 0 spiro atoms. The predicted molar refractivity (Wildman–Crippen MR) is 142 cm³/mol. The molecule has 5 nitrogen and oxygen atoms in total. The summed E-state index contributed by atoms with van der Waals surface area (Å²) in [6.45, 7) is 13.6. The minimum Gasteiger partial charge on any atom is -0.384 e. The van der Waals surface area contributed by atoms with Crippen molar-refractivity contribution in [2.75, 3.05) is 12.3 Å². The monoisotopic (exact) mass is 484 g/mol. The molecule has 0 bridgehead atoms. The zero-order valence-corrected chi connectivity index (χ0v) is 21.9. The number of carbonyl (C=O) groups excluding carboxylic acids is 1. The van der Waals surface area contributed by atoms with E-state index in [1.165, 1.54) is 6.42 Å². The van der Waals surface area contributed by atoms with Gasteiger partial charge < -0.3 is 10.6 Å². The molecule has 0 radical (unpaired) electrons. The van der Waals surface area contributed by atoms with Gasteiger partial charge in [-0.2, -0.15) is 0 Å². The number of carbonyl (C=O) groups is 1. The normalized spacial score (nSPS) is 13.1. The van der Waals surface area contributed by atoms with Crippen molar-refractivity contribution in [3.8, 4) is 0 Å². The van der Waals surface area contributed by atoms with Crippen LogP contribution < -0.4 is 10.6 Å². The highest BCUT2D eigenvalue weighted by atomic mass is 32.2. The first-order chi connectivity index (χ1) is 16.1. The van der Waals surface area contributed by atoms with Gasteiger partial charge in [0, 0.05) is 13.0 Å². The molecule has 2 aromatic carbocycles. The first kappa shape index (κ1) is 27.6. The average Bonchev–Trinajstić information content (AvgIpc) is 2.82. The molecule has 2 rings (SSSR count). The highest BCUT2D eigenvalue weighted by Gasteiger charge is 2.18. The van der Waals surface area contributed by atoms with Gasteiger partial charge in [0.15, 0.2) is 9.84 Å². The third-order valence-electron chi connectivity index (χ3n) is 5.81. The molecule has 1 atom stereocenters. The van der Waals surface area contributed by atoms with Gasteiger partial charge in [-0.25, -0.2) is 8.42 Å².